The first-order valence-electron chi connectivity index (χ1n) is 8.79. The van der Waals surface area contributed by atoms with Gasteiger partial charge in [-0.25, -0.2) is 4.98 Å². The van der Waals surface area contributed by atoms with Crippen molar-refractivity contribution in [3.63, 3.8) is 0 Å². The molecule has 2 aromatic rings. The first-order valence-corrected chi connectivity index (χ1v) is 8.79. The number of nitrogens with one attached hydrogen (secondary N) is 2. The molecule has 0 saturated heterocycles. The number of carbonyl (C=O) groups is 1. The Morgan fingerprint density at radius 3 is 2.88 bits per heavy atom. The minimum Gasteiger partial charge on any atom is -0.382 e. The molecule has 1 fully saturated rings. The van der Waals surface area contributed by atoms with Crippen molar-refractivity contribution in [3.8, 4) is 0 Å². The fourth-order valence-corrected chi connectivity index (χ4v) is 2.58. The van der Waals surface area contributed by atoms with E-state index >= 15 is 0 Å². The summed E-state index contributed by atoms with van der Waals surface area (Å²) in [6.07, 6.45) is 3.01. The number of pyridine rings is 1. The summed E-state index contributed by atoms with van der Waals surface area (Å²) in [5.41, 5.74) is 1.50. The highest BCUT2D eigenvalue weighted by molar-refractivity contribution is 6.07. The number of fused-ring (bicyclic) bond motifs is 1. The summed E-state index contributed by atoms with van der Waals surface area (Å²) in [6, 6.07) is 9.92. The fraction of sp³-hybridized carbons (Fsp3) is 0.474. The average Bonchev–Trinajstić information content (AvgIpc) is 3.44. The molecule has 1 saturated carbocycles. The number of amides is 1. The molecule has 2 N–H and O–H groups in total. The van der Waals surface area contributed by atoms with Crippen LogP contribution in [0.5, 0.6) is 0 Å². The highest BCUT2D eigenvalue weighted by Gasteiger charge is 2.24. The number of methoxy groups -OCH3 is 1. The molecule has 3 rings (SSSR count). The second-order valence-electron chi connectivity index (χ2n) is 6.21. The Bertz CT molecular complexity index is 716. The van der Waals surface area contributed by atoms with Crippen molar-refractivity contribution >= 4 is 22.6 Å². The van der Waals surface area contributed by atoms with Crippen molar-refractivity contribution in [2.45, 2.75) is 25.3 Å². The largest absolute Gasteiger partial charge is 0.382 e. The zero-order valence-electron chi connectivity index (χ0n) is 14.6. The van der Waals surface area contributed by atoms with Crippen LogP contribution in [0, 0.1) is 0 Å². The highest BCUT2D eigenvalue weighted by atomic mass is 16.5. The van der Waals surface area contributed by atoms with E-state index in [-0.39, 0.29) is 5.91 Å². The zero-order chi connectivity index (χ0) is 17.5. The van der Waals surface area contributed by atoms with Crippen LogP contribution in [0.2, 0.25) is 0 Å². The summed E-state index contributed by atoms with van der Waals surface area (Å²) >= 11 is 0. The fourth-order valence-electron chi connectivity index (χ4n) is 2.58. The number of rotatable bonds is 10. The minimum absolute atomic E-state index is 0.0213. The quantitative estimate of drug-likeness (QED) is 0.649. The Kier molecular flexibility index (Phi) is 6.19. The molecule has 0 radical (unpaired) electrons. The molecule has 1 heterocycles. The summed E-state index contributed by atoms with van der Waals surface area (Å²) < 4.78 is 10.4. The molecule has 1 aliphatic carbocycles. The number of hydrogen-bond acceptors (Lipinski definition) is 5. The van der Waals surface area contributed by atoms with E-state index in [9.17, 15) is 4.79 Å². The van der Waals surface area contributed by atoms with E-state index < -0.39 is 0 Å². The van der Waals surface area contributed by atoms with Gasteiger partial charge in [0.05, 0.1) is 24.3 Å². The SMILES string of the molecule is COCCOCCCNc1cc(C(=O)NC2CC2)c2ccccc2n1. The predicted molar refractivity (Wildman–Crippen MR) is 98.0 cm³/mol. The smallest absolute Gasteiger partial charge is 0.252 e. The van der Waals surface area contributed by atoms with E-state index in [1.54, 1.807) is 7.11 Å². The van der Waals surface area contributed by atoms with E-state index in [0.717, 1.165) is 42.5 Å². The van der Waals surface area contributed by atoms with E-state index in [4.69, 9.17) is 9.47 Å². The predicted octanol–water partition coefficient (Wildman–Crippen LogP) is 2.59. The number of ether oxygens (including phenoxy) is 2. The Labute approximate surface area is 147 Å². The van der Waals surface area contributed by atoms with Crippen LogP contribution in [0.4, 0.5) is 5.82 Å². The molecule has 1 aliphatic rings. The molecular formula is C19H25N3O3. The maximum Gasteiger partial charge on any atom is 0.252 e. The van der Waals surface area contributed by atoms with Crippen LogP contribution >= 0.6 is 0 Å². The Morgan fingerprint density at radius 2 is 2.08 bits per heavy atom. The number of benzene rings is 1. The van der Waals surface area contributed by atoms with Gasteiger partial charge in [0.2, 0.25) is 0 Å². The third-order valence-corrected chi connectivity index (χ3v) is 4.08. The van der Waals surface area contributed by atoms with Crippen LogP contribution < -0.4 is 10.6 Å². The van der Waals surface area contributed by atoms with Crippen LogP contribution in [-0.4, -0.2) is 50.4 Å². The second-order valence-corrected chi connectivity index (χ2v) is 6.21. The topological polar surface area (TPSA) is 72.5 Å². The molecule has 1 aromatic carbocycles. The number of carbonyl (C=O) groups excluding carboxylic acids is 1. The van der Waals surface area contributed by atoms with Gasteiger partial charge < -0.3 is 20.1 Å². The van der Waals surface area contributed by atoms with Gasteiger partial charge in [-0.05, 0) is 31.4 Å². The van der Waals surface area contributed by atoms with Crippen molar-refractivity contribution < 1.29 is 14.3 Å². The van der Waals surface area contributed by atoms with E-state index in [0.29, 0.717) is 31.4 Å². The lowest BCUT2D eigenvalue weighted by Crippen LogP contribution is -2.25. The molecule has 0 bridgehead atoms. The second kappa shape index (κ2) is 8.78. The Morgan fingerprint density at radius 1 is 1.24 bits per heavy atom. The monoisotopic (exact) mass is 343 g/mol. The van der Waals surface area contributed by atoms with Gasteiger partial charge in [-0.2, -0.15) is 0 Å². The molecule has 0 atom stereocenters. The molecule has 1 amide bonds. The van der Waals surface area contributed by atoms with Gasteiger partial charge in [-0.1, -0.05) is 18.2 Å². The van der Waals surface area contributed by atoms with Crippen LogP contribution in [0.3, 0.4) is 0 Å². The average molecular weight is 343 g/mol. The molecule has 6 heteroatoms. The van der Waals surface area contributed by atoms with Crippen LogP contribution in [0.25, 0.3) is 10.9 Å². The lowest BCUT2D eigenvalue weighted by atomic mass is 10.1. The Balaban J connectivity index is 1.63. The van der Waals surface area contributed by atoms with Crippen LogP contribution in [0.15, 0.2) is 30.3 Å². The molecule has 1 aromatic heterocycles. The van der Waals surface area contributed by atoms with Crippen molar-refractivity contribution in [1.82, 2.24) is 10.3 Å². The first-order chi connectivity index (χ1) is 12.3. The van der Waals surface area contributed by atoms with Gasteiger partial charge in [-0.3, -0.25) is 4.79 Å². The number of hydrogen-bond donors (Lipinski definition) is 2. The van der Waals surface area contributed by atoms with E-state index in [1.165, 1.54) is 0 Å². The first kappa shape index (κ1) is 17.6. The van der Waals surface area contributed by atoms with Crippen molar-refractivity contribution in [1.29, 1.82) is 0 Å². The maximum atomic E-state index is 12.5. The lowest BCUT2D eigenvalue weighted by Gasteiger charge is -2.11. The van der Waals surface area contributed by atoms with Gasteiger partial charge >= 0.3 is 0 Å². The maximum absolute atomic E-state index is 12.5. The summed E-state index contributed by atoms with van der Waals surface area (Å²) in [4.78, 5) is 17.1. The lowest BCUT2D eigenvalue weighted by molar-refractivity contribution is 0.0705. The molecule has 0 unspecified atom stereocenters. The highest BCUT2D eigenvalue weighted by Crippen LogP contribution is 2.23. The molecule has 6 nitrogen and oxygen atoms in total. The molecule has 0 aliphatic heterocycles. The van der Waals surface area contributed by atoms with Crippen molar-refractivity contribution in [2.75, 3.05) is 38.8 Å². The van der Waals surface area contributed by atoms with Crippen molar-refractivity contribution in [2.24, 2.45) is 0 Å². The summed E-state index contributed by atoms with van der Waals surface area (Å²) in [5.74, 6) is 0.698. The molecule has 25 heavy (non-hydrogen) atoms. The van der Waals surface area contributed by atoms with Gasteiger partial charge in [0.1, 0.15) is 5.82 Å². The minimum atomic E-state index is -0.0213. The van der Waals surface area contributed by atoms with Crippen LogP contribution in [-0.2, 0) is 9.47 Å². The standard InChI is InChI=1S/C19H25N3O3/c1-24-11-12-25-10-4-9-20-18-13-16(19(23)21-14-7-8-14)15-5-2-3-6-17(15)22-18/h2-3,5-6,13-14H,4,7-12H2,1H3,(H,20,22)(H,21,23). The van der Waals surface area contributed by atoms with Gasteiger partial charge in [0.25, 0.3) is 5.91 Å². The normalized spacial score (nSPS) is 13.8. The number of para-hydroxylation sites is 1. The van der Waals surface area contributed by atoms with Crippen LogP contribution in [0.1, 0.15) is 29.6 Å². The van der Waals surface area contributed by atoms with E-state index in [2.05, 4.69) is 15.6 Å². The molecule has 134 valence electrons. The van der Waals surface area contributed by atoms with Gasteiger partial charge in [0.15, 0.2) is 0 Å². The van der Waals surface area contributed by atoms with Gasteiger partial charge in [0, 0.05) is 31.7 Å². The zero-order valence-corrected chi connectivity index (χ0v) is 14.6. The van der Waals surface area contributed by atoms with Gasteiger partial charge in [-0.15, -0.1) is 0 Å². The molecular weight excluding hydrogens is 318 g/mol. The summed E-state index contributed by atoms with van der Waals surface area (Å²) in [7, 11) is 1.66. The number of anilines is 1. The third-order valence-electron chi connectivity index (χ3n) is 4.08. The third kappa shape index (κ3) is 5.14. The summed E-state index contributed by atoms with van der Waals surface area (Å²) in [6.45, 7) is 2.62. The number of aromatic nitrogens is 1. The Hall–Kier alpha value is -2.18. The molecule has 0 spiro atoms. The van der Waals surface area contributed by atoms with E-state index in [1.807, 2.05) is 30.3 Å². The number of nitrogens with zero attached hydrogens (tertiary/aromatic N) is 1. The van der Waals surface area contributed by atoms with Crippen molar-refractivity contribution in [3.05, 3.63) is 35.9 Å². The summed E-state index contributed by atoms with van der Waals surface area (Å²) in [5, 5.41) is 7.23.